The van der Waals surface area contributed by atoms with E-state index >= 15 is 0 Å². The van der Waals surface area contributed by atoms with Crippen molar-refractivity contribution < 1.29 is 4.74 Å². The summed E-state index contributed by atoms with van der Waals surface area (Å²) in [5.74, 6) is 0.673. The van der Waals surface area contributed by atoms with E-state index in [2.05, 4.69) is 62.4 Å². The van der Waals surface area contributed by atoms with E-state index in [1.165, 1.54) is 5.56 Å². The Morgan fingerprint density at radius 2 is 1.90 bits per heavy atom. The molecule has 0 bridgehead atoms. The fourth-order valence-electron chi connectivity index (χ4n) is 6.07. The van der Waals surface area contributed by atoms with Crippen molar-refractivity contribution in [2.24, 2.45) is 0 Å². The highest BCUT2D eigenvalue weighted by Crippen LogP contribution is 2.31. The molecule has 4 heterocycles. The van der Waals surface area contributed by atoms with E-state index in [0.717, 1.165) is 78.4 Å². The summed E-state index contributed by atoms with van der Waals surface area (Å²) >= 11 is 6.33. The number of rotatable bonds is 6. The lowest BCUT2D eigenvalue weighted by atomic mass is 10.00. The van der Waals surface area contributed by atoms with Gasteiger partial charge in [0.05, 0.1) is 18.2 Å². The number of hydrogen-bond acceptors (Lipinski definition) is 7. The summed E-state index contributed by atoms with van der Waals surface area (Å²) in [5, 5.41) is 14.6. The second kappa shape index (κ2) is 10.7. The molecule has 9 nitrogen and oxygen atoms in total. The second-order valence-electron chi connectivity index (χ2n) is 10.8. The van der Waals surface area contributed by atoms with Crippen molar-refractivity contribution in [1.29, 1.82) is 0 Å². The van der Waals surface area contributed by atoms with Crippen molar-refractivity contribution in [1.82, 2.24) is 30.1 Å². The zero-order chi connectivity index (χ0) is 27.1. The van der Waals surface area contributed by atoms with Gasteiger partial charge in [-0.25, -0.2) is 4.68 Å². The largest absolute Gasteiger partial charge is 0.376 e. The van der Waals surface area contributed by atoms with Crippen LogP contribution in [0.2, 0.25) is 5.02 Å². The number of halogens is 1. The van der Waals surface area contributed by atoms with Gasteiger partial charge in [-0.1, -0.05) is 29.3 Å². The van der Waals surface area contributed by atoms with E-state index in [4.69, 9.17) is 16.3 Å². The van der Waals surface area contributed by atoms with Gasteiger partial charge >= 0.3 is 0 Å². The topological polar surface area (TPSA) is 92.2 Å². The number of nitrogens with zero attached hydrogens (tertiary/aromatic N) is 6. The molecule has 2 aromatic heterocycles. The number of nitrogens with one attached hydrogen (secondary N) is 1. The van der Waals surface area contributed by atoms with Crippen molar-refractivity contribution in [3.05, 3.63) is 79.9 Å². The molecular weight excluding hydrogens is 514 g/mol. The van der Waals surface area contributed by atoms with Gasteiger partial charge in [-0.3, -0.25) is 9.69 Å². The molecule has 4 aromatic rings. The minimum absolute atomic E-state index is 0.0794. The number of tetrazole rings is 1. The van der Waals surface area contributed by atoms with Crippen LogP contribution in [0.15, 0.2) is 41.2 Å². The Bertz CT molecular complexity index is 1550. The molecule has 0 aliphatic carbocycles. The molecule has 0 amide bonds. The Labute approximate surface area is 232 Å². The molecule has 0 saturated carbocycles. The zero-order valence-electron chi connectivity index (χ0n) is 22.7. The number of ether oxygens (including phenoxy) is 1. The Kier molecular flexibility index (Phi) is 7.14. The summed E-state index contributed by atoms with van der Waals surface area (Å²) < 4.78 is 7.72. The van der Waals surface area contributed by atoms with Crippen LogP contribution in [0.3, 0.4) is 0 Å². The van der Waals surface area contributed by atoms with Crippen LogP contribution in [0.5, 0.6) is 0 Å². The van der Waals surface area contributed by atoms with Crippen molar-refractivity contribution in [3.63, 3.8) is 0 Å². The molecular formula is C29H34ClN7O2. The lowest BCUT2D eigenvalue weighted by Gasteiger charge is -2.40. The predicted octanol–water partition coefficient (Wildman–Crippen LogP) is 4.18. The van der Waals surface area contributed by atoms with Crippen molar-refractivity contribution in [2.75, 3.05) is 37.7 Å². The van der Waals surface area contributed by atoms with Crippen molar-refractivity contribution in [3.8, 4) is 0 Å². The molecule has 2 saturated heterocycles. The Morgan fingerprint density at radius 3 is 2.67 bits per heavy atom. The second-order valence-corrected chi connectivity index (χ2v) is 11.2. The molecule has 2 aliphatic rings. The van der Waals surface area contributed by atoms with E-state index in [1.807, 2.05) is 29.8 Å². The lowest BCUT2D eigenvalue weighted by molar-refractivity contribution is 0.0906. The van der Waals surface area contributed by atoms with Gasteiger partial charge in [0.25, 0.3) is 5.56 Å². The van der Waals surface area contributed by atoms with Crippen LogP contribution in [0.4, 0.5) is 5.69 Å². The molecule has 0 radical (unpaired) electrons. The SMILES string of the molecule is Cc1cc(C)c2[nH]c(=O)c([C@H](c3nnnn3C[C@H]3CCCO3)N3CCN(c4cc(Cl)ccc4C)CC3)cc2c1. The minimum atomic E-state index is -0.391. The van der Waals surface area contributed by atoms with E-state index in [-0.39, 0.29) is 11.7 Å². The number of aryl methyl sites for hydroxylation is 3. The molecule has 0 unspecified atom stereocenters. The molecule has 39 heavy (non-hydrogen) atoms. The molecule has 2 atom stereocenters. The van der Waals surface area contributed by atoms with Gasteiger partial charge in [0, 0.05) is 49.1 Å². The molecule has 10 heteroatoms. The number of pyridine rings is 1. The normalized spacial score (nSPS) is 19.2. The number of aromatic amines is 1. The van der Waals surface area contributed by atoms with E-state index in [9.17, 15) is 4.79 Å². The average molecular weight is 548 g/mol. The highest BCUT2D eigenvalue weighted by Gasteiger charge is 2.34. The number of piperazine rings is 1. The van der Waals surface area contributed by atoms with Crippen molar-refractivity contribution >= 4 is 28.2 Å². The van der Waals surface area contributed by atoms with E-state index in [0.29, 0.717) is 17.9 Å². The monoisotopic (exact) mass is 547 g/mol. The lowest BCUT2D eigenvalue weighted by Crippen LogP contribution is -2.49. The van der Waals surface area contributed by atoms with Crippen LogP contribution in [-0.4, -0.2) is 69.0 Å². The van der Waals surface area contributed by atoms with E-state index in [1.54, 1.807) is 0 Å². The number of aromatic nitrogens is 5. The predicted molar refractivity (Wildman–Crippen MR) is 153 cm³/mol. The highest BCUT2D eigenvalue weighted by molar-refractivity contribution is 6.30. The van der Waals surface area contributed by atoms with E-state index < -0.39 is 6.04 Å². The Morgan fingerprint density at radius 1 is 1.08 bits per heavy atom. The molecule has 6 rings (SSSR count). The molecule has 0 spiro atoms. The van der Waals surface area contributed by atoms with Crippen LogP contribution in [-0.2, 0) is 11.3 Å². The van der Waals surface area contributed by atoms with Gasteiger partial charge in [0.2, 0.25) is 0 Å². The number of H-pyrrole nitrogens is 1. The van der Waals surface area contributed by atoms with Crippen LogP contribution >= 0.6 is 11.6 Å². The van der Waals surface area contributed by atoms with Crippen LogP contribution in [0.25, 0.3) is 10.9 Å². The summed E-state index contributed by atoms with van der Waals surface area (Å²) in [6, 6.07) is 11.9. The first-order valence-corrected chi connectivity index (χ1v) is 14.0. The van der Waals surface area contributed by atoms with Gasteiger partial charge in [0.1, 0.15) is 6.04 Å². The maximum atomic E-state index is 13.7. The third-order valence-electron chi connectivity index (χ3n) is 8.01. The zero-order valence-corrected chi connectivity index (χ0v) is 23.4. The maximum Gasteiger partial charge on any atom is 0.253 e. The standard InChI is InChI=1S/C29H34ClN7O2/c1-18-13-20(3)26-21(14-18)15-24(29(38)31-26)27(28-32-33-34-37(28)17-23-5-4-12-39-23)36-10-8-35(9-11-36)25-16-22(30)7-6-19(25)2/h6-7,13-16,23,27H,4-5,8-12,17H2,1-3H3,(H,31,38)/t23-,27-/m1/s1. The summed E-state index contributed by atoms with van der Waals surface area (Å²) in [6.45, 7) is 10.6. The number of fused-ring (bicyclic) bond motifs is 1. The van der Waals surface area contributed by atoms with Gasteiger partial charge in [0.15, 0.2) is 5.82 Å². The Hall–Kier alpha value is -3.27. The molecule has 1 N–H and O–H groups in total. The first kappa shape index (κ1) is 26.0. The maximum absolute atomic E-state index is 13.7. The summed E-state index contributed by atoms with van der Waals surface area (Å²) in [7, 11) is 0. The molecule has 204 valence electrons. The van der Waals surface area contributed by atoms with Crippen LogP contribution < -0.4 is 10.5 Å². The molecule has 2 fully saturated rings. The summed E-state index contributed by atoms with van der Waals surface area (Å²) in [6.07, 6.45) is 2.10. The fourth-order valence-corrected chi connectivity index (χ4v) is 6.24. The smallest absolute Gasteiger partial charge is 0.253 e. The van der Waals surface area contributed by atoms with Gasteiger partial charge < -0.3 is 14.6 Å². The highest BCUT2D eigenvalue weighted by atomic mass is 35.5. The number of hydrogen-bond donors (Lipinski definition) is 1. The number of anilines is 1. The van der Waals surface area contributed by atoms with Gasteiger partial charge in [-0.15, -0.1) is 5.10 Å². The fraction of sp³-hybridized carbons (Fsp3) is 0.448. The third kappa shape index (κ3) is 5.18. The van der Waals surface area contributed by atoms with Crippen LogP contribution in [0.1, 0.15) is 47.0 Å². The summed E-state index contributed by atoms with van der Waals surface area (Å²) in [5.41, 5.74) is 5.97. The molecule has 2 aromatic carbocycles. The first-order valence-electron chi connectivity index (χ1n) is 13.6. The molecule has 2 aliphatic heterocycles. The van der Waals surface area contributed by atoms with Gasteiger partial charge in [-0.05, 0) is 84.8 Å². The van der Waals surface area contributed by atoms with Crippen LogP contribution in [0, 0.1) is 20.8 Å². The Balaban J connectivity index is 1.38. The number of benzene rings is 2. The quantitative estimate of drug-likeness (QED) is 0.387. The first-order chi connectivity index (χ1) is 18.9. The average Bonchev–Trinajstić information content (AvgIpc) is 3.60. The summed E-state index contributed by atoms with van der Waals surface area (Å²) in [4.78, 5) is 21.5. The minimum Gasteiger partial charge on any atom is -0.376 e. The van der Waals surface area contributed by atoms with Gasteiger partial charge in [-0.2, -0.15) is 0 Å². The van der Waals surface area contributed by atoms with Crippen molar-refractivity contribution in [2.45, 2.75) is 52.3 Å². The third-order valence-corrected chi connectivity index (χ3v) is 8.25.